The Morgan fingerprint density at radius 2 is 1.90 bits per heavy atom. The number of benzene rings is 1. The number of nitriles is 1. The highest BCUT2D eigenvalue weighted by Crippen LogP contribution is 2.27. The summed E-state index contributed by atoms with van der Waals surface area (Å²) in [5, 5.41) is 8.94. The minimum absolute atomic E-state index is 0.0740. The second-order valence-corrected chi connectivity index (χ2v) is 6.28. The Morgan fingerprint density at radius 1 is 1.25 bits per heavy atom. The van der Waals surface area contributed by atoms with Gasteiger partial charge < -0.3 is 0 Å². The number of sulfonamides is 1. The van der Waals surface area contributed by atoms with Gasteiger partial charge in [0.1, 0.15) is 4.90 Å². The number of pyridine rings is 1. The van der Waals surface area contributed by atoms with Crippen molar-refractivity contribution in [2.45, 2.75) is 4.90 Å². The summed E-state index contributed by atoms with van der Waals surface area (Å²) in [6.45, 7) is 0. The maximum atomic E-state index is 12.5. The quantitative estimate of drug-likeness (QED) is 0.873. The monoisotopic (exact) mass is 307 g/mol. The largest absolute Gasteiger partial charge is 0.269 e. The van der Waals surface area contributed by atoms with E-state index in [-0.39, 0.29) is 15.5 Å². The third kappa shape index (κ3) is 2.59. The zero-order chi connectivity index (χ0) is 14.8. The standard InChI is InChI=1S/C13H10ClN3O2S/c1-17(11-4-6-16-7-5-11)20(18,19)13-8-10(9-15)2-3-12(13)14/h2-8H,1H3. The van der Waals surface area contributed by atoms with Gasteiger partial charge in [-0.1, -0.05) is 11.6 Å². The van der Waals surface area contributed by atoms with Crippen LogP contribution in [0.2, 0.25) is 5.02 Å². The molecule has 0 aliphatic rings. The second kappa shape index (κ2) is 5.49. The molecule has 0 aliphatic carbocycles. The Balaban J connectivity index is 2.54. The molecule has 20 heavy (non-hydrogen) atoms. The lowest BCUT2D eigenvalue weighted by Crippen LogP contribution is -2.26. The molecule has 1 aromatic heterocycles. The summed E-state index contributed by atoms with van der Waals surface area (Å²) in [5.74, 6) is 0. The Morgan fingerprint density at radius 3 is 2.50 bits per heavy atom. The highest BCUT2D eigenvalue weighted by molar-refractivity contribution is 7.93. The molecular formula is C13H10ClN3O2S. The molecule has 0 radical (unpaired) electrons. The van der Waals surface area contributed by atoms with Gasteiger partial charge in [0.25, 0.3) is 10.0 Å². The van der Waals surface area contributed by atoms with Crippen LogP contribution in [0, 0.1) is 11.3 Å². The molecule has 0 spiro atoms. The fraction of sp³-hybridized carbons (Fsp3) is 0.0769. The number of rotatable bonds is 3. The topological polar surface area (TPSA) is 74.1 Å². The van der Waals surface area contributed by atoms with Gasteiger partial charge in [-0.05, 0) is 30.3 Å². The maximum Gasteiger partial charge on any atom is 0.265 e. The smallest absolute Gasteiger partial charge is 0.265 e. The molecule has 0 bridgehead atoms. The fourth-order valence-corrected chi connectivity index (χ4v) is 3.31. The predicted molar refractivity (Wildman–Crippen MR) is 76.0 cm³/mol. The lowest BCUT2D eigenvalue weighted by atomic mass is 10.2. The van der Waals surface area contributed by atoms with E-state index in [0.29, 0.717) is 5.69 Å². The summed E-state index contributed by atoms with van der Waals surface area (Å²) in [4.78, 5) is 3.74. The molecule has 0 unspecified atom stereocenters. The summed E-state index contributed by atoms with van der Waals surface area (Å²) in [6.07, 6.45) is 2.99. The molecule has 2 rings (SSSR count). The molecule has 0 aliphatic heterocycles. The molecule has 0 saturated carbocycles. The first-order valence-corrected chi connectivity index (χ1v) is 7.37. The summed E-state index contributed by atoms with van der Waals surface area (Å²) in [5.41, 5.74) is 0.689. The molecule has 1 heterocycles. The Labute approximate surface area is 122 Å². The van der Waals surface area contributed by atoms with Gasteiger partial charge >= 0.3 is 0 Å². The molecular weight excluding hydrogens is 298 g/mol. The van der Waals surface area contributed by atoms with Crippen molar-refractivity contribution in [1.29, 1.82) is 5.26 Å². The van der Waals surface area contributed by atoms with Crippen molar-refractivity contribution in [2.75, 3.05) is 11.4 Å². The maximum absolute atomic E-state index is 12.5. The Bertz CT molecular complexity index is 770. The zero-order valence-electron chi connectivity index (χ0n) is 10.5. The van der Waals surface area contributed by atoms with Crippen LogP contribution in [0.1, 0.15) is 5.56 Å². The molecule has 5 nitrogen and oxygen atoms in total. The van der Waals surface area contributed by atoms with Crippen LogP contribution in [0.25, 0.3) is 0 Å². The fourth-order valence-electron chi connectivity index (χ4n) is 1.61. The summed E-state index contributed by atoms with van der Waals surface area (Å²) in [6, 6.07) is 9.15. The van der Waals surface area contributed by atoms with Crippen molar-refractivity contribution in [2.24, 2.45) is 0 Å². The van der Waals surface area contributed by atoms with E-state index in [9.17, 15) is 8.42 Å². The number of anilines is 1. The molecule has 1 aromatic carbocycles. The van der Waals surface area contributed by atoms with E-state index in [4.69, 9.17) is 16.9 Å². The van der Waals surface area contributed by atoms with Crippen molar-refractivity contribution >= 4 is 27.3 Å². The molecule has 2 aromatic rings. The first kappa shape index (κ1) is 14.3. The normalized spacial score (nSPS) is 10.8. The molecule has 102 valence electrons. The number of nitrogens with zero attached hydrogens (tertiary/aromatic N) is 3. The van der Waals surface area contributed by atoms with Gasteiger partial charge in [0, 0.05) is 19.4 Å². The van der Waals surface area contributed by atoms with Gasteiger partial charge in [0.15, 0.2) is 0 Å². The van der Waals surface area contributed by atoms with E-state index in [2.05, 4.69) is 4.98 Å². The van der Waals surface area contributed by atoms with Crippen molar-refractivity contribution in [3.05, 3.63) is 53.3 Å². The van der Waals surface area contributed by atoms with E-state index in [0.717, 1.165) is 4.31 Å². The lowest BCUT2D eigenvalue weighted by molar-refractivity contribution is 0.594. The van der Waals surface area contributed by atoms with E-state index < -0.39 is 10.0 Å². The SMILES string of the molecule is CN(c1ccncc1)S(=O)(=O)c1cc(C#N)ccc1Cl. The number of halogens is 1. The third-order valence-corrected chi connectivity index (χ3v) is 4.99. The van der Waals surface area contributed by atoms with Crippen molar-refractivity contribution in [3.63, 3.8) is 0 Å². The number of hydrogen-bond acceptors (Lipinski definition) is 4. The van der Waals surface area contributed by atoms with Crippen molar-refractivity contribution in [3.8, 4) is 6.07 Å². The van der Waals surface area contributed by atoms with Crippen molar-refractivity contribution < 1.29 is 8.42 Å². The van der Waals surface area contributed by atoms with Crippen LogP contribution in [0.5, 0.6) is 0 Å². The Kier molecular flexibility index (Phi) is 3.93. The molecule has 0 N–H and O–H groups in total. The van der Waals surface area contributed by atoms with Gasteiger partial charge in [-0.2, -0.15) is 5.26 Å². The van der Waals surface area contributed by atoms with Crippen LogP contribution >= 0.6 is 11.6 Å². The van der Waals surface area contributed by atoms with E-state index in [1.54, 1.807) is 12.1 Å². The summed E-state index contributed by atoms with van der Waals surface area (Å²) < 4.78 is 26.2. The average molecular weight is 308 g/mol. The summed E-state index contributed by atoms with van der Waals surface area (Å²) in [7, 11) is -2.42. The van der Waals surface area contributed by atoms with Gasteiger partial charge in [-0.15, -0.1) is 0 Å². The van der Waals surface area contributed by atoms with Crippen LogP contribution in [0.3, 0.4) is 0 Å². The highest BCUT2D eigenvalue weighted by atomic mass is 35.5. The number of aromatic nitrogens is 1. The molecule has 7 heteroatoms. The Hall–Kier alpha value is -2.10. The first-order valence-electron chi connectivity index (χ1n) is 5.55. The van der Waals surface area contributed by atoms with E-state index in [1.807, 2.05) is 6.07 Å². The van der Waals surface area contributed by atoms with Crippen LogP contribution in [0.4, 0.5) is 5.69 Å². The predicted octanol–water partition coefficient (Wildman–Crippen LogP) is 2.43. The van der Waals surface area contributed by atoms with Crippen LogP contribution in [-0.2, 0) is 10.0 Å². The highest BCUT2D eigenvalue weighted by Gasteiger charge is 2.24. The van der Waals surface area contributed by atoms with Crippen molar-refractivity contribution in [1.82, 2.24) is 4.98 Å². The lowest BCUT2D eigenvalue weighted by Gasteiger charge is -2.20. The molecule has 0 fully saturated rings. The molecule has 0 atom stereocenters. The minimum atomic E-state index is -3.83. The third-order valence-electron chi connectivity index (χ3n) is 2.73. The zero-order valence-corrected chi connectivity index (χ0v) is 12.1. The first-order chi connectivity index (χ1) is 9.46. The van der Waals surface area contributed by atoms with Gasteiger partial charge in [-0.3, -0.25) is 9.29 Å². The molecule has 0 saturated heterocycles. The van der Waals surface area contributed by atoms with Gasteiger partial charge in [0.2, 0.25) is 0 Å². The molecule has 0 amide bonds. The summed E-state index contributed by atoms with van der Waals surface area (Å²) >= 11 is 5.94. The average Bonchev–Trinajstić information content (AvgIpc) is 2.47. The van der Waals surface area contributed by atoms with Gasteiger partial charge in [0.05, 0.1) is 22.3 Å². The number of hydrogen-bond donors (Lipinski definition) is 0. The second-order valence-electron chi connectivity index (χ2n) is 3.93. The van der Waals surface area contributed by atoms with E-state index >= 15 is 0 Å². The van der Waals surface area contributed by atoms with Crippen LogP contribution < -0.4 is 4.31 Å². The van der Waals surface area contributed by atoms with Crippen LogP contribution in [-0.4, -0.2) is 20.4 Å². The van der Waals surface area contributed by atoms with Crippen LogP contribution in [0.15, 0.2) is 47.6 Å². The van der Waals surface area contributed by atoms with E-state index in [1.165, 1.54) is 37.6 Å². The minimum Gasteiger partial charge on any atom is -0.269 e. The van der Waals surface area contributed by atoms with Gasteiger partial charge in [-0.25, -0.2) is 8.42 Å².